The van der Waals surface area contributed by atoms with E-state index in [-0.39, 0.29) is 29.5 Å². The van der Waals surface area contributed by atoms with Crippen LogP contribution in [0.5, 0.6) is 0 Å². The zero-order chi connectivity index (χ0) is 21.5. The third kappa shape index (κ3) is 3.82. The van der Waals surface area contributed by atoms with E-state index in [0.717, 1.165) is 35.8 Å². The van der Waals surface area contributed by atoms with E-state index in [1.54, 1.807) is 0 Å². The minimum atomic E-state index is -0.670. The first kappa shape index (κ1) is 21.5. The Morgan fingerprint density at radius 2 is 1.66 bits per heavy atom. The average molecular weight is 397 g/mol. The number of Topliss-reactive ketones (excluding diaryl/α,β-unsaturated/α-hetero) is 1. The van der Waals surface area contributed by atoms with E-state index in [1.807, 2.05) is 20.8 Å². The fraction of sp³-hybridized carbons (Fsp3) is 0.560. The summed E-state index contributed by atoms with van der Waals surface area (Å²) in [5, 5.41) is 0. The van der Waals surface area contributed by atoms with Crippen LogP contribution >= 0.6 is 0 Å². The van der Waals surface area contributed by atoms with Gasteiger partial charge in [0, 0.05) is 17.8 Å². The molecular formula is C25H32O4. The van der Waals surface area contributed by atoms with Gasteiger partial charge in [-0.2, -0.15) is 0 Å². The molecule has 0 radical (unpaired) electrons. The van der Waals surface area contributed by atoms with E-state index in [4.69, 9.17) is 4.74 Å². The normalized spacial score (nSPS) is 24.1. The Labute approximate surface area is 173 Å². The summed E-state index contributed by atoms with van der Waals surface area (Å²) in [5.74, 6) is -0.403. The molecule has 156 valence electrons. The van der Waals surface area contributed by atoms with Crippen molar-refractivity contribution in [2.24, 2.45) is 23.2 Å². The second kappa shape index (κ2) is 7.89. The number of carbonyl (C=O) groups excluding carboxylic acids is 3. The van der Waals surface area contributed by atoms with Crippen molar-refractivity contribution in [2.75, 3.05) is 0 Å². The van der Waals surface area contributed by atoms with E-state index in [1.165, 1.54) is 5.56 Å². The van der Waals surface area contributed by atoms with Crippen molar-refractivity contribution < 1.29 is 19.1 Å². The standard InChI is InChI=1S/C25H32O4/c1-7-16-9-14(3)10-17(8-2)20(16)21-22(27)18-11-15(13-26)12-19(18)23(21)29-24(28)25(4,5)6/h9-10,13,15,18-19H,7-8,11-12H2,1-6H3. The van der Waals surface area contributed by atoms with Crippen LogP contribution in [-0.4, -0.2) is 18.0 Å². The molecule has 1 aromatic carbocycles. The quantitative estimate of drug-likeness (QED) is 0.528. The Bertz CT molecular complexity index is 860. The first-order valence-electron chi connectivity index (χ1n) is 10.7. The molecule has 4 nitrogen and oxygen atoms in total. The number of rotatable bonds is 5. The topological polar surface area (TPSA) is 60.4 Å². The molecule has 1 saturated carbocycles. The molecule has 1 fully saturated rings. The van der Waals surface area contributed by atoms with Crippen LogP contribution in [0.4, 0.5) is 0 Å². The molecule has 3 unspecified atom stereocenters. The number of hydrogen-bond donors (Lipinski definition) is 0. The summed E-state index contributed by atoms with van der Waals surface area (Å²) >= 11 is 0. The molecule has 3 rings (SSSR count). The molecular weight excluding hydrogens is 364 g/mol. The molecule has 3 atom stereocenters. The Kier molecular flexibility index (Phi) is 5.84. The van der Waals surface area contributed by atoms with Gasteiger partial charge in [-0.25, -0.2) is 0 Å². The van der Waals surface area contributed by atoms with E-state index in [9.17, 15) is 14.4 Å². The van der Waals surface area contributed by atoms with Crippen LogP contribution in [0.15, 0.2) is 17.9 Å². The van der Waals surface area contributed by atoms with Crippen LogP contribution < -0.4 is 0 Å². The Morgan fingerprint density at radius 3 is 2.14 bits per heavy atom. The molecule has 0 saturated heterocycles. The molecule has 2 aliphatic carbocycles. The Hall–Kier alpha value is -2.23. The molecule has 2 aliphatic rings. The zero-order valence-electron chi connectivity index (χ0n) is 18.4. The lowest BCUT2D eigenvalue weighted by Crippen LogP contribution is -2.24. The van der Waals surface area contributed by atoms with Crippen molar-refractivity contribution in [3.05, 3.63) is 40.1 Å². The summed E-state index contributed by atoms with van der Waals surface area (Å²) in [6.07, 6.45) is 3.66. The molecule has 4 heteroatoms. The molecule has 1 aromatic rings. The zero-order valence-corrected chi connectivity index (χ0v) is 18.4. The lowest BCUT2D eigenvalue weighted by molar-refractivity contribution is -0.149. The molecule has 0 amide bonds. The van der Waals surface area contributed by atoms with Gasteiger partial charge in [0.1, 0.15) is 12.0 Å². The van der Waals surface area contributed by atoms with Gasteiger partial charge in [0.25, 0.3) is 0 Å². The van der Waals surface area contributed by atoms with Crippen molar-refractivity contribution >= 4 is 23.6 Å². The second-order valence-corrected chi connectivity index (χ2v) is 9.49. The number of carbonyl (C=O) groups is 3. The van der Waals surface area contributed by atoms with Crippen molar-refractivity contribution in [2.45, 2.75) is 67.2 Å². The number of esters is 1. The minimum absolute atomic E-state index is 0.0318. The van der Waals surface area contributed by atoms with Crippen molar-refractivity contribution in [1.82, 2.24) is 0 Å². The summed E-state index contributed by atoms with van der Waals surface area (Å²) in [5.41, 5.74) is 4.25. The van der Waals surface area contributed by atoms with Gasteiger partial charge >= 0.3 is 5.97 Å². The van der Waals surface area contributed by atoms with Crippen molar-refractivity contribution in [3.63, 3.8) is 0 Å². The number of benzene rings is 1. The van der Waals surface area contributed by atoms with Crippen LogP contribution in [0.3, 0.4) is 0 Å². The second-order valence-electron chi connectivity index (χ2n) is 9.49. The summed E-state index contributed by atoms with van der Waals surface area (Å²) in [4.78, 5) is 37.7. The number of ketones is 1. The van der Waals surface area contributed by atoms with Gasteiger partial charge in [0.2, 0.25) is 0 Å². The van der Waals surface area contributed by atoms with Gasteiger partial charge in [-0.05, 0) is 70.1 Å². The van der Waals surface area contributed by atoms with E-state index < -0.39 is 5.41 Å². The number of aldehydes is 1. The predicted octanol–water partition coefficient (Wildman–Crippen LogP) is 4.84. The minimum Gasteiger partial charge on any atom is -0.430 e. The van der Waals surface area contributed by atoms with Gasteiger partial charge in [-0.3, -0.25) is 9.59 Å². The Morgan fingerprint density at radius 1 is 1.10 bits per heavy atom. The molecule has 0 bridgehead atoms. The number of aryl methyl sites for hydroxylation is 3. The molecule has 0 spiro atoms. The van der Waals surface area contributed by atoms with Gasteiger partial charge in [0.15, 0.2) is 5.78 Å². The van der Waals surface area contributed by atoms with Crippen LogP contribution in [0.25, 0.3) is 5.57 Å². The number of ether oxygens (including phenoxy) is 1. The summed E-state index contributed by atoms with van der Waals surface area (Å²) in [6, 6.07) is 4.25. The molecule has 0 aromatic heterocycles. The highest BCUT2D eigenvalue weighted by Crippen LogP contribution is 2.51. The molecule has 0 aliphatic heterocycles. The molecule has 0 heterocycles. The van der Waals surface area contributed by atoms with E-state index in [2.05, 4.69) is 32.9 Å². The Balaban J connectivity index is 2.22. The maximum Gasteiger partial charge on any atom is 0.316 e. The SMILES string of the molecule is CCc1cc(C)cc(CC)c1C1=C(OC(=O)C(C)(C)C)C2CC(C=O)CC2C1=O. The number of allylic oxidation sites excluding steroid dienone is 2. The smallest absolute Gasteiger partial charge is 0.316 e. The first-order valence-corrected chi connectivity index (χ1v) is 10.7. The summed E-state index contributed by atoms with van der Waals surface area (Å²) in [7, 11) is 0. The van der Waals surface area contributed by atoms with Crippen molar-refractivity contribution in [1.29, 1.82) is 0 Å². The summed E-state index contributed by atoms with van der Waals surface area (Å²) in [6.45, 7) is 11.7. The average Bonchev–Trinajstić information content (AvgIpc) is 3.19. The van der Waals surface area contributed by atoms with Crippen LogP contribution in [0, 0.1) is 30.1 Å². The highest BCUT2D eigenvalue weighted by molar-refractivity contribution is 6.26. The highest BCUT2D eigenvalue weighted by atomic mass is 16.5. The molecule has 0 N–H and O–H groups in total. The van der Waals surface area contributed by atoms with E-state index >= 15 is 0 Å². The van der Waals surface area contributed by atoms with Crippen LogP contribution in [-0.2, 0) is 32.0 Å². The van der Waals surface area contributed by atoms with E-state index in [0.29, 0.717) is 24.2 Å². The lowest BCUT2D eigenvalue weighted by atomic mass is 9.87. The highest BCUT2D eigenvalue weighted by Gasteiger charge is 2.51. The largest absolute Gasteiger partial charge is 0.430 e. The van der Waals surface area contributed by atoms with Gasteiger partial charge < -0.3 is 9.53 Å². The summed E-state index contributed by atoms with van der Waals surface area (Å²) < 4.78 is 5.95. The van der Waals surface area contributed by atoms with Gasteiger partial charge in [-0.1, -0.05) is 31.5 Å². The fourth-order valence-corrected chi connectivity index (χ4v) is 4.71. The molecule has 29 heavy (non-hydrogen) atoms. The van der Waals surface area contributed by atoms with Crippen molar-refractivity contribution in [3.8, 4) is 0 Å². The number of fused-ring (bicyclic) bond motifs is 1. The van der Waals surface area contributed by atoms with Gasteiger partial charge in [0.05, 0.1) is 11.0 Å². The predicted molar refractivity (Wildman–Crippen MR) is 113 cm³/mol. The maximum atomic E-state index is 13.5. The van der Waals surface area contributed by atoms with Crippen LogP contribution in [0.2, 0.25) is 0 Å². The fourth-order valence-electron chi connectivity index (χ4n) is 4.71. The third-order valence-corrected chi connectivity index (χ3v) is 6.23. The number of hydrogen-bond acceptors (Lipinski definition) is 4. The first-order chi connectivity index (χ1) is 13.6. The van der Waals surface area contributed by atoms with Gasteiger partial charge in [-0.15, -0.1) is 0 Å². The monoisotopic (exact) mass is 396 g/mol. The lowest BCUT2D eigenvalue weighted by Gasteiger charge is -2.22. The maximum absolute atomic E-state index is 13.5. The van der Waals surface area contributed by atoms with Crippen LogP contribution in [0.1, 0.15) is 69.7 Å². The third-order valence-electron chi connectivity index (χ3n) is 6.23.